The quantitative estimate of drug-likeness (QED) is 0.387. The molecular formula is C25H26FN9O2. The van der Waals surface area contributed by atoms with E-state index in [0.717, 1.165) is 18.9 Å². The Balaban J connectivity index is 1.22. The molecule has 0 spiro atoms. The van der Waals surface area contributed by atoms with E-state index >= 15 is 0 Å². The second-order valence-corrected chi connectivity index (χ2v) is 8.49. The van der Waals surface area contributed by atoms with E-state index < -0.39 is 6.67 Å². The van der Waals surface area contributed by atoms with Crippen LogP contribution in [0.25, 0.3) is 5.82 Å². The molecule has 0 saturated carbocycles. The van der Waals surface area contributed by atoms with E-state index in [1.165, 1.54) is 17.1 Å². The maximum absolute atomic E-state index is 12.7. The van der Waals surface area contributed by atoms with Crippen LogP contribution in [0.3, 0.4) is 0 Å². The summed E-state index contributed by atoms with van der Waals surface area (Å²) in [6, 6.07) is 9.18. The first kappa shape index (κ1) is 24.3. The van der Waals surface area contributed by atoms with Crippen LogP contribution in [0.2, 0.25) is 0 Å². The molecule has 0 bridgehead atoms. The van der Waals surface area contributed by atoms with Crippen molar-refractivity contribution in [2.24, 2.45) is 0 Å². The van der Waals surface area contributed by atoms with E-state index in [2.05, 4.69) is 40.2 Å². The number of rotatable bonds is 8. The molecule has 1 N–H and O–H groups in total. The number of hydrogen-bond donors (Lipinski definition) is 1. The number of ether oxygens (including phenoxy) is 1. The molecule has 1 aliphatic heterocycles. The maximum Gasteiger partial charge on any atom is 0.257 e. The fourth-order valence-electron chi connectivity index (χ4n) is 4.15. The van der Waals surface area contributed by atoms with Gasteiger partial charge in [-0.3, -0.25) is 4.79 Å². The van der Waals surface area contributed by atoms with Crippen molar-refractivity contribution in [3.8, 4) is 5.82 Å². The molecule has 4 aromatic rings. The topological polar surface area (TPSA) is 114 Å². The number of alkyl halides is 1. The molecule has 0 unspecified atom stereocenters. The van der Waals surface area contributed by atoms with Crippen molar-refractivity contribution in [3.63, 3.8) is 0 Å². The third-order valence-electron chi connectivity index (χ3n) is 6.00. The molecule has 12 heteroatoms. The Morgan fingerprint density at radius 3 is 2.59 bits per heavy atom. The number of aromatic nitrogens is 6. The number of methoxy groups -OCH3 is 1. The number of hydrogen-bond acceptors (Lipinski definition) is 9. The van der Waals surface area contributed by atoms with Crippen LogP contribution in [0.15, 0.2) is 67.5 Å². The van der Waals surface area contributed by atoms with Crippen molar-refractivity contribution in [2.75, 3.05) is 48.5 Å². The SMILES string of the molecule is COC[C@H]1CN(c2ccccn2)CCN1c1ncc(NC(=O)c2ccc(-n3cc(CF)cn3)nc2)cn1. The summed E-state index contributed by atoms with van der Waals surface area (Å²) in [4.78, 5) is 34.7. The summed E-state index contributed by atoms with van der Waals surface area (Å²) < 4.78 is 19.7. The van der Waals surface area contributed by atoms with Gasteiger partial charge in [-0.15, -0.1) is 0 Å². The van der Waals surface area contributed by atoms with Gasteiger partial charge in [-0.25, -0.2) is 29.0 Å². The minimum atomic E-state index is -0.601. The Bertz CT molecular complexity index is 1320. The Kier molecular flexibility index (Phi) is 7.26. The van der Waals surface area contributed by atoms with E-state index in [4.69, 9.17) is 4.74 Å². The summed E-state index contributed by atoms with van der Waals surface area (Å²) in [6.07, 6.45) is 9.38. The van der Waals surface area contributed by atoms with Gasteiger partial charge in [0, 0.05) is 50.9 Å². The lowest BCUT2D eigenvalue weighted by Gasteiger charge is -2.41. The maximum atomic E-state index is 12.7. The monoisotopic (exact) mass is 503 g/mol. The molecule has 5 heterocycles. The average Bonchev–Trinajstić information content (AvgIpc) is 3.44. The molecule has 11 nitrogen and oxygen atoms in total. The highest BCUT2D eigenvalue weighted by Gasteiger charge is 2.29. The zero-order valence-electron chi connectivity index (χ0n) is 20.2. The molecular weight excluding hydrogens is 477 g/mol. The van der Waals surface area contributed by atoms with Crippen molar-refractivity contribution in [1.82, 2.24) is 29.7 Å². The van der Waals surface area contributed by atoms with Gasteiger partial charge < -0.3 is 19.9 Å². The Morgan fingerprint density at radius 2 is 1.92 bits per heavy atom. The van der Waals surface area contributed by atoms with Crippen LogP contribution in [0.4, 0.5) is 21.8 Å². The van der Waals surface area contributed by atoms with Gasteiger partial charge in [-0.2, -0.15) is 5.10 Å². The summed E-state index contributed by atoms with van der Waals surface area (Å²) in [6.45, 7) is 2.12. The largest absolute Gasteiger partial charge is 0.382 e. The number of anilines is 3. The third kappa shape index (κ3) is 5.54. The lowest BCUT2D eigenvalue weighted by atomic mass is 10.2. The fourth-order valence-corrected chi connectivity index (χ4v) is 4.15. The number of carbonyl (C=O) groups excluding carboxylic acids is 1. The molecule has 1 amide bonds. The zero-order valence-corrected chi connectivity index (χ0v) is 20.2. The smallest absolute Gasteiger partial charge is 0.257 e. The van der Waals surface area contributed by atoms with Crippen molar-refractivity contribution in [2.45, 2.75) is 12.7 Å². The Morgan fingerprint density at radius 1 is 1.05 bits per heavy atom. The average molecular weight is 504 g/mol. The van der Waals surface area contributed by atoms with Crippen LogP contribution >= 0.6 is 0 Å². The third-order valence-corrected chi connectivity index (χ3v) is 6.00. The van der Waals surface area contributed by atoms with Gasteiger partial charge in [0.25, 0.3) is 5.91 Å². The van der Waals surface area contributed by atoms with E-state index in [1.54, 1.807) is 44.0 Å². The second kappa shape index (κ2) is 11.1. The first-order valence-electron chi connectivity index (χ1n) is 11.8. The second-order valence-electron chi connectivity index (χ2n) is 8.49. The molecule has 0 aliphatic carbocycles. The fraction of sp³-hybridized carbons (Fsp3) is 0.280. The van der Waals surface area contributed by atoms with Crippen molar-refractivity contribution in [3.05, 3.63) is 78.6 Å². The van der Waals surface area contributed by atoms with Crippen LogP contribution < -0.4 is 15.1 Å². The van der Waals surface area contributed by atoms with Gasteiger partial charge in [0.05, 0.1) is 42.5 Å². The molecule has 4 aromatic heterocycles. The van der Waals surface area contributed by atoms with E-state index in [1.807, 2.05) is 18.2 Å². The predicted octanol–water partition coefficient (Wildman–Crippen LogP) is 2.52. The van der Waals surface area contributed by atoms with Gasteiger partial charge in [-0.1, -0.05) is 6.07 Å². The molecule has 5 rings (SSSR count). The predicted molar refractivity (Wildman–Crippen MR) is 136 cm³/mol. The van der Waals surface area contributed by atoms with E-state index in [0.29, 0.717) is 41.7 Å². The molecule has 1 fully saturated rings. The number of carbonyl (C=O) groups is 1. The summed E-state index contributed by atoms with van der Waals surface area (Å²) in [5.74, 6) is 1.64. The number of amides is 1. The highest BCUT2D eigenvalue weighted by molar-refractivity contribution is 6.03. The molecule has 190 valence electrons. The van der Waals surface area contributed by atoms with Crippen molar-refractivity contribution >= 4 is 23.4 Å². The summed E-state index contributed by atoms with van der Waals surface area (Å²) in [5.41, 5.74) is 1.28. The molecule has 1 saturated heterocycles. The van der Waals surface area contributed by atoms with Crippen LogP contribution in [0, 0.1) is 0 Å². The number of pyridine rings is 2. The summed E-state index contributed by atoms with van der Waals surface area (Å²) in [7, 11) is 1.68. The standard InChI is InChI=1S/C25H26FN9O2/c1-37-17-21-16-33(22-4-2-3-7-27-22)8-9-34(21)25-29-13-20(14-30-25)32-24(36)19-5-6-23(28-12-19)35-15-18(10-26)11-31-35/h2-7,11-15,21H,8-10,16-17H2,1H3,(H,32,36)/t21-/m1/s1. The molecule has 0 aromatic carbocycles. The number of halogens is 1. The van der Waals surface area contributed by atoms with Gasteiger partial charge >= 0.3 is 0 Å². The molecule has 0 radical (unpaired) electrons. The zero-order chi connectivity index (χ0) is 25.6. The summed E-state index contributed by atoms with van der Waals surface area (Å²) >= 11 is 0. The molecule has 37 heavy (non-hydrogen) atoms. The number of nitrogens with one attached hydrogen (secondary N) is 1. The summed E-state index contributed by atoms with van der Waals surface area (Å²) in [5, 5.41) is 6.85. The van der Waals surface area contributed by atoms with Crippen molar-refractivity contribution in [1.29, 1.82) is 0 Å². The first-order chi connectivity index (χ1) is 18.1. The first-order valence-corrected chi connectivity index (χ1v) is 11.8. The Hall–Kier alpha value is -4.45. The van der Waals surface area contributed by atoms with Gasteiger partial charge in [0.1, 0.15) is 12.5 Å². The van der Waals surface area contributed by atoms with Gasteiger partial charge in [0.2, 0.25) is 5.95 Å². The lowest BCUT2D eigenvalue weighted by Crippen LogP contribution is -2.56. The highest BCUT2D eigenvalue weighted by atomic mass is 19.1. The molecule has 1 aliphatic rings. The van der Waals surface area contributed by atoms with E-state index in [9.17, 15) is 9.18 Å². The normalized spacial score (nSPS) is 15.6. The lowest BCUT2D eigenvalue weighted by molar-refractivity contribution is 0.102. The van der Waals surface area contributed by atoms with Crippen LogP contribution in [-0.2, 0) is 11.4 Å². The molecule has 1 atom stereocenters. The van der Waals surface area contributed by atoms with Crippen molar-refractivity contribution < 1.29 is 13.9 Å². The van der Waals surface area contributed by atoms with Crippen LogP contribution in [-0.4, -0.2) is 75.0 Å². The van der Waals surface area contributed by atoms with Gasteiger partial charge in [-0.05, 0) is 24.3 Å². The minimum absolute atomic E-state index is 0.0431. The van der Waals surface area contributed by atoms with Gasteiger partial charge in [0.15, 0.2) is 5.82 Å². The Labute approximate surface area is 213 Å². The number of piperazine rings is 1. The minimum Gasteiger partial charge on any atom is -0.382 e. The number of nitrogens with zero attached hydrogens (tertiary/aromatic N) is 8. The highest BCUT2D eigenvalue weighted by Crippen LogP contribution is 2.21. The van der Waals surface area contributed by atoms with E-state index in [-0.39, 0.29) is 11.9 Å². The van der Waals surface area contributed by atoms with Crippen LogP contribution in [0.5, 0.6) is 0 Å². The van der Waals surface area contributed by atoms with Crippen LogP contribution in [0.1, 0.15) is 15.9 Å².